The molecule has 5 heteroatoms. The van der Waals surface area contributed by atoms with Crippen molar-refractivity contribution in [3.05, 3.63) is 0 Å². The van der Waals surface area contributed by atoms with Gasteiger partial charge in [-0.3, -0.25) is 4.99 Å². The fourth-order valence-electron chi connectivity index (χ4n) is 1.73. The Morgan fingerprint density at radius 3 is 2.00 bits per heavy atom. The lowest BCUT2D eigenvalue weighted by molar-refractivity contribution is 0.192. The van der Waals surface area contributed by atoms with E-state index in [0.717, 1.165) is 32.1 Å². The Morgan fingerprint density at radius 2 is 1.53 bits per heavy atom. The minimum Gasteiger partial charge on any atom is -0.385 e. The zero-order valence-electron chi connectivity index (χ0n) is 12.8. The van der Waals surface area contributed by atoms with E-state index in [4.69, 9.17) is 4.74 Å². The monoisotopic (exact) mass is 385 g/mol. The Morgan fingerprint density at radius 1 is 0.947 bits per heavy atom. The molecule has 0 aliphatic rings. The summed E-state index contributed by atoms with van der Waals surface area (Å²) in [6.07, 6.45) is 8.65. The number of ether oxygens (including phenoxy) is 1. The highest BCUT2D eigenvalue weighted by molar-refractivity contribution is 14.0. The van der Waals surface area contributed by atoms with E-state index in [1.165, 1.54) is 38.5 Å². The van der Waals surface area contributed by atoms with Gasteiger partial charge in [-0.25, -0.2) is 0 Å². The summed E-state index contributed by atoms with van der Waals surface area (Å²) in [5, 5.41) is 6.68. The van der Waals surface area contributed by atoms with Crippen molar-refractivity contribution < 1.29 is 4.74 Å². The second-order valence-corrected chi connectivity index (χ2v) is 4.54. The Labute approximate surface area is 136 Å². The van der Waals surface area contributed by atoms with E-state index >= 15 is 0 Å². The second-order valence-electron chi connectivity index (χ2n) is 4.54. The summed E-state index contributed by atoms with van der Waals surface area (Å²) in [4.78, 5) is 4.21. The fraction of sp³-hybridized carbons (Fsp3) is 0.929. The van der Waals surface area contributed by atoms with Crippen molar-refractivity contribution in [3.63, 3.8) is 0 Å². The van der Waals surface area contributed by atoms with Crippen LogP contribution in [0.3, 0.4) is 0 Å². The lowest BCUT2D eigenvalue weighted by Gasteiger charge is -2.11. The van der Waals surface area contributed by atoms with E-state index in [2.05, 4.69) is 22.5 Å². The number of guanidine groups is 1. The van der Waals surface area contributed by atoms with Crippen LogP contribution in [0.2, 0.25) is 0 Å². The Bertz CT molecular complexity index is 201. The smallest absolute Gasteiger partial charge is 0.190 e. The Hall–Kier alpha value is -0.0400. The molecule has 116 valence electrons. The third kappa shape index (κ3) is 15.9. The Balaban J connectivity index is 0. The molecule has 0 aliphatic carbocycles. The van der Waals surface area contributed by atoms with Crippen LogP contribution in [0, 0.1) is 0 Å². The number of methoxy groups -OCH3 is 1. The van der Waals surface area contributed by atoms with Crippen molar-refractivity contribution in [2.75, 3.05) is 33.9 Å². The van der Waals surface area contributed by atoms with Crippen LogP contribution < -0.4 is 10.6 Å². The van der Waals surface area contributed by atoms with Crippen molar-refractivity contribution in [3.8, 4) is 0 Å². The summed E-state index contributed by atoms with van der Waals surface area (Å²) >= 11 is 0. The zero-order chi connectivity index (χ0) is 13.5. The van der Waals surface area contributed by atoms with Crippen LogP contribution in [0.4, 0.5) is 0 Å². The largest absolute Gasteiger partial charge is 0.385 e. The van der Waals surface area contributed by atoms with Crippen LogP contribution in [0.15, 0.2) is 4.99 Å². The van der Waals surface area contributed by atoms with Gasteiger partial charge >= 0.3 is 0 Å². The lowest BCUT2D eigenvalue weighted by Crippen LogP contribution is -2.38. The molecule has 19 heavy (non-hydrogen) atoms. The van der Waals surface area contributed by atoms with Crippen LogP contribution in [-0.4, -0.2) is 39.8 Å². The summed E-state index contributed by atoms with van der Waals surface area (Å²) < 4.78 is 5.02. The quantitative estimate of drug-likeness (QED) is 0.249. The van der Waals surface area contributed by atoms with Gasteiger partial charge in [-0.15, -0.1) is 24.0 Å². The summed E-state index contributed by atoms with van der Waals surface area (Å²) in [6.45, 7) is 5.10. The lowest BCUT2D eigenvalue weighted by atomic mass is 10.2. The first-order valence-electron chi connectivity index (χ1n) is 7.28. The molecule has 0 saturated heterocycles. The van der Waals surface area contributed by atoms with Gasteiger partial charge in [0.25, 0.3) is 0 Å². The zero-order valence-corrected chi connectivity index (χ0v) is 15.2. The molecule has 0 atom stereocenters. The molecule has 0 saturated carbocycles. The molecular weight excluding hydrogens is 353 g/mol. The number of aliphatic imine (C=N–C) groups is 1. The van der Waals surface area contributed by atoms with E-state index < -0.39 is 0 Å². The Kier molecular flexibility index (Phi) is 20.1. The van der Waals surface area contributed by atoms with Gasteiger partial charge in [-0.2, -0.15) is 0 Å². The summed E-state index contributed by atoms with van der Waals surface area (Å²) in [6, 6.07) is 0. The van der Waals surface area contributed by atoms with Crippen molar-refractivity contribution in [2.24, 2.45) is 4.99 Å². The van der Waals surface area contributed by atoms with Crippen molar-refractivity contribution >= 4 is 29.9 Å². The highest BCUT2D eigenvalue weighted by Gasteiger charge is 1.96. The maximum absolute atomic E-state index is 5.02. The number of nitrogens with zero attached hydrogens (tertiary/aromatic N) is 1. The average Bonchev–Trinajstić information content (AvgIpc) is 2.40. The number of hydrogen-bond donors (Lipinski definition) is 2. The second kappa shape index (κ2) is 18.0. The van der Waals surface area contributed by atoms with Crippen molar-refractivity contribution in [1.29, 1.82) is 0 Å². The summed E-state index contributed by atoms with van der Waals surface area (Å²) in [5.41, 5.74) is 0. The number of halogens is 1. The highest BCUT2D eigenvalue weighted by atomic mass is 127. The van der Waals surface area contributed by atoms with Crippen LogP contribution in [0.5, 0.6) is 0 Å². The third-order valence-corrected chi connectivity index (χ3v) is 2.86. The van der Waals surface area contributed by atoms with Gasteiger partial charge in [0.2, 0.25) is 0 Å². The minimum absolute atomic E-state index is 0. The van der Waals surface area contributed by atoms with Gasteiger partial charge in [0.1, 0.15) is 0 Å². The molecule has 0 aromatic carbocycles. The maximum Gasteiger partial charge on any atom is 0.190 e. The van der Waals surface area contributed by atoms with E-state index in [-0.39, 0.29) is 24.0 Å². The first kappa shape index (κ1) is 21.3. The van der Waals surface area contributed by atoms with Gasteiger partial charge in [-0.05, 0) is 25.7 Å². The molecule has 2 N–H and O–H groups in total. The number of rotatable bonds is 11. The molecular formula is C14H32IN3O. The predicted molar refractivity (Wildman–Crippen MR) is 94.6 cm³/mol. The number of nitrogens with one attached hydrogen (secondary N) is 2. The maximum atomic E-state index is 5.02. The number of unbranched alkanes of at least 4 members (excludes halogenated alkanes) is 5. The normalized spacial score (nSPS) is 11.0. The fourth-order valence-corrected chi connectivity index (χ4v) is 1.73. The number of hydrogen-bond acceptors (Lipinski definition) is 2. The van der Waals surface area contributed by atoms with Gasteiger partial charge in [-0.1, -0.05) is 26.2 Å². The van der Waals surface area contributed by atoms with Crippen LogP contribution in [0.1, 0.15) is 51.9 Å². The van der Waals surface area contributed by atoms with E-state index in [1.54, 1.807) is 7.11 Å². The van der Waals surface area contributed by atoms with Crippen LogP contribution in [0.25, 0.3) is 0 Å². The van der Waals surface area contributed by atoms with Gasteiger partial charge in [0.15, 0.2) is 5.96 Å². The highest BCUT2D eigenvalue weighted by Crippen LogP contribution is 1.97. The molecule has 0 aliphatic heterocycles. The molecule has 0 unspecified atom stereocenters. The SMILES string of the molecule is CCCCCCNC(=NC)NCCCCCOC.I. The standard InChI is InChI=1S/C14H31N3O.HI/c1-4-5-6-8-11-16-14(15-2)17-12-9-7-10-13-18-3;/h4-13H2,1-3H3,(H2,15,16,17);1H. The van der Waals surface area contributed by atoms with Gasteiger partial charge < -0.3 is 15.4 Å². The first-order valence-corrected chi connectivity index (χ1v) is 7.28. The van der Waals surface area contributed by atoms with E-state index in [1.807, 2.05) is 7.05 Å². The van der Waals surface area contributed by atoms with Gasteiger partial charge in [0, 0.05) is 33.9 Å². The van der Waals surface area contributed by atoms with E-state index in [9.17, 15) is 0 Å². The molecule has 0 spiro atoms. The van der Waals surface area contributed by atoms with Crippen molar-refractivity contribution in [1.82, 2.24) is 10.6 Å². The summed E-state index contributed by atoms with van der Waals surface area (Å²) in [7, 11) is 3.58. The summed E-state index contributed by atoms with van der Waals surface area (Å²) in [5.74, 6) is 0.929. The topological polar surface area (TPSA) is 45.7 Å². The van der Waals surface area contributed by atoms with Crippen molar-refractivity contribution in [2.45, 2.75) is 51.9 Å². The van der Waals surface area contributed by atoms with Crippen LogP contribution in [-0.2, 0) is 4.74 Å². The third-order valence-electron chi connectivity index (χ3n) is 2.86. The molecule has 0 aromatic heterocycles. The molecule has 0 aromatic rings. The first-order chi connectivity index (χ1) is 8.85. The molecule has 0 fully saturated rings. The van der Waals surface area contributed by atoms with E-state index in [0.29, 0.717) is 0 Å². The molecule has 0 radical (unpaired) electrons. The molecule has 0 amide bonds. The molecule has 0 heterocycles. The average molecular weight is 385 g/mol. The van der Waals surface area contributed by atoms with Crippen LogP contribution >= 0.6 is 24.0 Å². The predicted octanol–water partition coefficient (Wildman–Crippen LogP) is 3.17. The molecule has 0 rings (SSSR count). The molecule has 4 nitrogen and oxygen atoms in total. The van der Waals surface area contributed by atoms with Gasteiger partial charge in [0.05, 0.1) is 0 Å². The molecule has 0 bridgehead atoms. The minimum atomic E-state index is 0.